The maximum absolute atomic E-state index is 13.4. The average molecular weight is 454 g/mol. The Kier molecular flexibility index (Phi) is 5.52. The number of non-ortho nitro benzene ring substituents is 2. The van der Waals surface area contributed by atoms with Gasteiger partial charge in [0.05, 0.1) is 46.1 Å². The summed E-state index contributed by atoms with van der Waals surface area (Å²) in [6, 6.07) is 11.4. The maximum atomic E-state index is 13.4. The van der Waals surface area contributed by atoms with Gasteiger partial charge in [-0.15, -0.1) is 0 Å². The zero-order valence-corrected chi connectivity index (χ0v) is 17.3. The van der Waals surface area contributed by atoms with E-state index in [0.29, 0.717) is 17.0 Å². The van der Waals surface area contributed by atoms with Crippen molar-refractivity contribution in [2.24, 2.45) is 0 Å². The Bertz CT molecular complexity index is 1300. The Hall–Kier alpha value is -4.32. The summed E-state index contributed by atoms with van der Waals surface area (Å²) in [5.41, 5.74) is -0.807. The molecule has 12 heteroatoms. The summed E-state index contributed by atoms with van der Waals surface area (Å²) < 4.78 is 11.4. The first-order valence-electron chi connectivity index (χ1n) is 9.09. The minimum absolute atomic E-state index is 0.0372. The first-order chi connectivity index (χ1) is 15.4. The van der Waals surface area contributed by atoms with Gasteiger partial charge in [0.2, 0.25) is 0 Å². The highest BCUT2D eigenvalue weighted by molar-refractivity contribution is 7.22. The van der Waals surface area contributed by atoms with Crippen LogP contribution in [0.5, 0.6) is 5.75 Å². The summed E-state index contributed by atoms with van der Waals surface area (Å²) in [6.07, 6.45) is 1.44. The fourth-order valence-corrected chi connectivity index (χ4v) is 4.04. The van der Waals surface area contributed by atoms with Gasteiger partial charge in [0.25, 0.3) is 17.3 Å². The molecule has 4 rings (SSSR count). The van der Waals surface area contributed by atoms with Crippen molar-refractivity contribution in [3.63, 3.8) is 0 Å². The van der Waals surface area contributed by atoms with E-state index >= 15 is 0 Å². The van der Waals surface area contributed by atoms with Crippen LogP contribution in [0.4, 0.5) is 16.5 Å². The zero-order chi connectivity index (χ0) is 22.8. The largest absolute Gasteiger partial charge is 0.494 e. The number of furan rings is 1. The number of thiazole rings is 1. The molecular weight excluding hydrogens is 440 g/mol. The highest BCUT2D eigenvalue weighted by atomic mass is 32.1. The molecule has 0 aliphatic rings. The number of benzene rings is 2. The number of rotatable bonds is 7. The molecular formula is C20H14N4O7S. The van der Waals surface area contributed by atoms with E-state index in [2.05, 4.69) is 4.98 Å². The van der Waals surface area contributed by atoms with Gasteiger partial charge in [0.15, 0.2) is 5.13 Å². The van der Waals surface area contributed by atoms with Crippen molar-refractivity contribution in [3.05, 3.63) is 86.3 Å². The number of carbonyl (C=O) groups excluding carboxylic acids is 1. The predicted molar refractivity (Wildman–Crippen MR) is 115 cm³/mol. The monoisotopic (exact) mass is 454 g/mol. The lowest BCUT2D eigenvalue weighted by atomic mass is 10.1. The van der Waals surface area contributed by atoms with E-state index in [1.54, 1.807) is 24.3 Å². The molecule has 4 aromatic rings. The highest BCUT2D eigenvalue weighted by Crippen LogP contribution is 2.36. The van der Waals surface area contributed by atoms with Gasteiger partial charge in [-0.05, 0) is 24.3 Å². The van der Waals surface area contributed by atoms with Gasteiger partial charge in [0.1, 0.15) is 17.0 Å². The Balaban J connectivity index is 1.83. The van der Waals surface area contributed by atoms with E-state index in [1.165, 1.54) is 29.6 Å². The second-order valence-corrected chi connectivity index (χ2v) is 7.54. The third-order valence-corrected chi connectivity index (χ3v) is 5.58. The van der Waals surface area contributed by atoms with Gasteiger partial charge in [-0.1, -0.05) is 17.4 Å². The molecule has 0 saturated heterocycles. The number of hydrogen-bond acceptors (Lipinski definition) is 9. The Labute approximate surface area is 183 Å². The summed E-state index contributed by atoms with van der Waals surface area (Å²) in [5.74, 6) is 0.247. The van der Waals surface area contributed by atoms with Crippen molar-refractivity contribution in [1.29, 1.82) is 0 Å². The van der Waals surface area contributed by atoms with Crippen LogP contribution in [-0.2, 0) is 6.54 Å². The molecule has 32 heavy (non-hydrogen) atoms. The minimum Gasteiger partial charge on any atom is -0.494 e. The first kappa shape index (κ1) is 20.9. The summed E-state index contributed by atoms with van der Waals surface area (Å²) >= 11 is 1.21. The van der Waals surface area contributed by atoms with Crippen LogP contribution in [0.2, 0.25) is 0 Å². The SMILES string of the molecule is COc1cccc2sc(N(Cc3ccco3)C(=O)c3cc([N+](=O)[O-])cc([N+](=O)[O-])c3)nc12. The van der Waals surface area contributed by atoms with E-state index < -0.39 is 27.1 Å². The molecule has 0 unspecified atom stereocenters. The molecule has 2 aromatic carbocycles. The maximum Gasteiger partial charge on any atom is 0.277 e. The van der Waals surface area contributed by atoms with Crippen LogP contribution in [-0.4, -0.2) is 27.8 Å². The number of hydrogen-bond donors (Lipinski definition) is 0. The summed E-state index contributed by atoms with van der Waals surface area (Å²) in [4.78, 5) is 40.1. The molecule has 0 spiro atoms. The molecule has 0 N–H and O–H groups in total. The van der Waals surface area contributed by atoms with Crippen LogP contribution in [0.25, 0.3) is 10.2 Å². The number of ether oxygens (including phenoxy) is 1. The molecule has 2 aromatic heterocycles. The van der Waals surface area contributed by atoms with Crippen LogP contribution >= 0.6 is 11.3 Å². The van der Waals surface area contributed by atoms with Crippen molar-refractivity contribution < 1.29 is 23.8 Å². The molecule has 2 heterocycles. The van der Waals surface area contributed by atoms with Gasteiger partial charge in [0, 0.05) is 12.1 Å². The van der Waals surface area contributed by atoms with Crippen molar-refractivity contribution in [2.75, 3.05) is 12.0 Å². The van der Waals surface area contributed by atoms with Crippen LogP contribution in [0, 0.1) is 20.2 Å². The molecule has 11 nitrogen and oxygen atoms in total. The number of nitro benzene ring substituents is 2. The van der Waals surface area contributed by atoms with Crippen molar-refractivity contribution >= 4 is 44.0 Å². The summed E-state index contributed by atoms with van der Waals surface area (Å²) in [5, 5.41) is 22.8. The number of aromatic nitrogens is 1. The Morgan fingerprint density at radius 3 is 2.44 bits per heavy atom. The van der Waals surface area contributed by atoms with Crippen molar-refractivity contribution in [3.8, 4) is 5.75 Å². The number of fused-ring (bicyclic) bond motifs is 1. The predicted octanol–water partition coefficient (Wildman–Crippen LogP) is 4.56. The number of carbonyl (C=O) groups is 1. The minimum atomic E-state index is -0.788. The average Bonchev–Trinajstić information content (AvgIpc) is 3.45. The van der Waals surface area contributed by atoms with Crippen LogP contribution in [0.3, 0.4) is 0 Å². The lowest BCUT2D eigenvalue weighted by Gasteiger charge is -2.18. The van der Waals surface area contributed by atoms with Crippen molar-refractivity contribution in [1.82, 2.24) is 4.98 Å². The van der Waals surface area contributed by atoms with Crippen LogP contribution in [0.1, 0.15) is 16.1 Å². The molecule has 0 fully saturated rings. The Morgan fingerprint density at radius 1 is 1.12 bits per heavy atom. The molecule has 0 aliphatic carbocycles. The van der Waals surface area contributed by atoms with E-state index in [-0.39, 0.29) is 17.2 Å². The number of nitrogens with zero attached hydrogens (tertiary/aromatic N) is 4. The molecule has 1 amide bonds. The second-order valence-electron chi connectivity index (χ2n) is 6.53. The lowest BCUT2D eigenvalue weighted by Crippen LogP contribution is -2.30. The van der Waals surface area contributed by atoms with E-state index in [1.807, 2.05) is 6.07 Å². The van der Waals surface area contributed by atoms with Crippen molar-refractivity contribution in [2.45, 2.75) is 6.54 Å². The third-order valence-electron chi connectivity index (χ3n) is 4.53. The highest BCUT2D eigenvalue weighted by Gasteiger charge is 2.27. The van der Waals surface area contributed by atoms with E-state index in [9.17, 15) is 25.0 Å². The second kappa shape index (κ2) is 8.43. The van der Waals surface area contributed by atoms with E-state index in [0.717, 1.165) is 22.9 Å². The van der Waals surface area contributed by atoms with E-state index in [4.69, 9.17) is 9.15 Å². The third kappa shape index (κ3) is 3.98. The quantitative estimate of drug-likeness (QED) is 0.292. The van der Waals surface area contributed by atoms with Gasteiger partial charge in [-0.3, -0.25) is 29.9 Å². The molecule has 0 saturated carbocycles. The molecule has 0 atom stereocenters. The Morgan fingerprint density at radius 2 is 1.84 bits per heavy atom. The van der Waals surface area contributed by atoms with Gasteiger partial charge >= 0.3 is 0 Å². The van der Waals surface area contributed by atoms with Crippen LogP contribution < -0.4 is 9.64 Å². The number of anilines is 1. The fourth-order valence-electron chi connectivity index (χ4n) is 3.06. The van der Waals surface area contributed by atoms with Crippen LogP contribution in [0.15, 0.2) is 59.2 Å². The summed E-state index contributed by atoms with van der Waals surface area (Å²) in [7, 11) is 1.50. The number of para-hydroxylation sites is 1. The summed E-state index contributed by atoms with van der Waals surface area (Å²) in [6.45, 7) is -0.0372. The standard InChI is InChI=1S/C20H14N4O7S/c1-30-16-5-2-6-17-18(16)21-20(32-17)22(11-15-4-3-7-31-15)19(25)12-8-13(23(26)27)10-14(9-12)24(28)29/h2-10H,11H2,1H3. The molecule has 0 bridgehead atoms. The first-order valence-corrected chi connectivity index (χ1v) is 9.90. The number of amides is 1. The number of methoxy groups -OCH3 is 1. The van der Waals surface area contributed by atoms with Gasteiger partial charge in [-0.2, -0.15) is 0 Å². The molecule has 0 radical (unpaired) electrons. The smallest absolute Gasteiger partial charge is 0.277 e. The van der Waals surface area contributed by atoms with Gasteiger partial charge in [-0.25, -0.2) is 4.98 Å². The topological polar surface area (TPSA) is 142 Å². The lowest BCUT2D eigenvalue weighted by molar-refractivity contribution is -0.394. The van der Waals surface area contributed by atoms with Gasteiger partial charge < -0.3 is 9.15 Å². The fraction of sp³-hybridized carbons (Fsp3) is 0.100. The normalized spacial score (nSPS) is 10.8. The molecule has 162 valence electrons. The zero-order valence-electron chi connectivity index (χ0n) is 16.5. The molecule has 0 aliphatic heterocycles. The number of nitro groups is 2.